The fraction of sp³-hybridized carbons (Fsp3) is 0.824. The van der Waals surface area contributed by atoms with Gasteiger partial charge in [0.1, 0.15) is 31.0 Å². The molecule has 0 aromatic carbocycles. The molecule has 5 atom stereocenters. The summed E-state index contributed by atoms with van der Waals surface area (Å²) in [6, 6.07) is -0.966. The predicted molar refractivity (Wildman–Crippen MR) is 92.6 cm³/mol. The first-order valence-electron chi connectivity index (χ1n) is 8.69. The van der Waals surface area contributed by atoms with E-state index in [0.717, 1.165) is 0 Å². The second-order valence-electron chi connectivity index (χ2n) is 5.79. The molecule has 1 rings (SSSR count). The molecule has 0 aliphatic carbocycles. The Hall–Kier alpha value is -1.29. The van der Waals surface area contributed by atoms with Crippen LogP contribution in [0.25, 0.3) is 0 Å². The fourth-order valence-corrected chi connectivity index (χ4v) is 2.41. The Labute approximate surface area is 158 Å². The highest BCUT2D eigenvalue weighted by molar-refractivity contribution is 5.73. The molecule has 1 heterocycles. The standard InChI is InChI=1S/C17H29NO9/c1-3-4-23-5-6-24-7-8-25-9-10-26-17-14(18-12(2)20)16(22)15(21)13(11-19)27-17/h1,13-17,19,21-22H,4-11H2,2H3,(H,18,20)/t13-,14-,15+,16-,17+/m1/s1. The van der Waals surface area contributed by atoms with E-state index in [-0.39, 0.29) is 19.8 Å². The maximum absolute atomic E-state index is 11.3. The molecule has 27 heavy (non-hydrogen) atoms. The molecule has 0 saturated carbocycles. The van der Waals surface area contributed by atoms with Gasteiger partial charge in [-0.2, -0.15) is 0 Å². The highest BCUT2D eigenvalue weighted by atomic mass is 16.7. The number of aliphatic hydroxyl groups excluding tert-OH is 3. The molecular formula is C17H29NO9. The van der Waals surface area contributed by atoms with Crippen LogP contribution in [-0.2, 0) is 28.5 Å². The lowest BCUT2D eigenvalue weighted by atomic mass is 9.97. The van der Waals surface area contributed by atoms with Crippen molar-refractivity contribution in [2.75, 3.05) is 52.9 Å². The highest BCUT2D eigenvalue weighted by Crippen LogP contribution is 2.22. The van der Waals surface area contributed by atoms with Gasteiger partial charge in [0, 0.05) is 6.92 Å². The van der Waals surface area contributed by atoms with Gasteiger partial charge in [-0.15, -0.1) is 6.42 Å². The van der Waals surface area contributed by atoms with Crippen LogP contribution < -0.4 is 5.32 Å². The zero-order valence-electron chi connectivity index (χ0n) is 15.4. The minimum atomic E-state index is -1.34. The SMILES string of the molecule is C#CCOCCOCCOCCO[C@H]1O[C@H](CO)[C@H](O)[C@H](O)[C@H]1NC(C)=O. The van der Waals surface area contributed by atoms with Crippen LogP contribution in [0, 0.1) is 12.3 Å². The molecule has 0 aromatic heterocycles. The lowest BCUT2D eigenvalue weighted by Gasteiger charge is -2.42. The molecule has 0 aromatic rings. The average Bonchev–Trinajstić information content (AvgIpc) is 2.64. The molecule has 4 N–H and O–H groups in total. The van der Waals surface area contributed by atoms with Gasteiger partial charge >= 0.3 is 0 Å². The Balaban J connectivity index is 2.24. The maximum Gasteiger partial charge on any atom is 0.217 e. The van der Waals surface area contributed by atoms with Crippen molar-refractivity contribution in [3.63, 3.8) is 0 Å². The van der Waals surface area contributed by atoms with E-state index < -0.39 is 43.2 Å². The van der Waals surface area contributed by atoms with Gasteiger partial charge in [-0.25, -0.2) is 0 Å². The quantitative estimate of drug-likeness (QED) is 0.201. The molecule has 0 unspecified atom stereocenters. The molecular weight excluding hydrogens is 362 g/mol. The van der Waals surface area contributed by atoms with Crippen LogP contribution in [0.1, 0.15) is 6.92 Å². The van der Waals surface area contributed by atoms with Crippen molar-refractivity contribution in [1.29, 1.82) is 0 Å². The predicted octanol–water partition coefficient (Wildman–Crippen LogP) is -2.37. The van der Waals surface area contributed by atoms with E-state index in [1.165, 1.54) is 6.92 Å². The summed E-state index contributed by atoms with van der Waals surface area (Å²) in [6.07, 6.45) is 0.315. The van der Waals surface area contributed by atoms with Gasteiger partial charge in [0.05, 0.1) is 46.2 Å². The minimum Gasteiger partial charge on any atom is -0.394 e. The largest absolute Gasteiger partial charge is 0.394 e. The monoisotopic (exact) mass is 391 g/mol. The third kappa shape index (κ3) is 8.96. The van der Waals surface area contributed by atoms with E-state index in [2.05, 4.69) is 11.2 Å². The zero-order valence-corrected chi connectivity index (χ0v) is 15.4. The lowest BCUT2D eigenvalue weighted by Crippen LogP contribution is -2.64. The molecule has 156 valence electrons. The summed E-state index contributed by atoms with van der Waals surface area (Å²) in [6.45, 7) is 2.93. The van der Waals surface area contributed by atoms with E-state index in [1.54, 1.807) is 0 Å². The molecule has 1 fully saturated rings. The van der Waals surface area contributed by atoms with Crippen molar-refractivity contribution in [3.05, 3.63) is 0 Å². The van der Waals surface area contributed by atoms with Crippen molar-refractivity contribution in [2.24, 2.45) is 0 Å². The number of ether oxygens (including phenoxy) is 5. The number of hydrogen-bond acceptors (Lipinski definition) is 9. The number of aliphatic hydroxyl groups is 3. The summed E-state index contributed by atoms with van der Waals surface area (Å²) in [5, 5.41) is 31.7. The molecule has 1 saturated heterocycles. The summed E-state index contributed by atoms with van der Waals surface area (Å²) in [5.74, 6) is 1.94. The molecule has 1 amide bonds. The number of terminal acetylenes is 1. The maximum atomic E-state index is 11.3. The Kier molecular flexibility index (Phi) is 12.2. The van der Waals surface area contributed by atoms with Crippen molar-refractivity contribution in [1.82, 2.24) is 5.32 Å². The summed E-state index contributed by atoms with van der Waals surface area (Å²) in [7, 11) is 0. The van der Waals surface area contributed by atoms with Crippen molar-refractivity contribution in [3.8, 4) is 12.3 Å². The van der Waals surface area contributed by atoms with Crippen LogP contribution in [-0.4, -0.2) is 105 Å². The molecule has 0 spiro atoms. The smallest absolute Gasteiger partial charge is 0.217 e. The van der Waals surface area contributed by atoms with Crippen molar-refractivity contribution < 1.29 is 43.8 Å². The number of carbonyl (C=O) groups excluding carboxylic acids is 1. The van der Waals surface area contributed by atoms with Crippen LogP contribution >= 0.6 is 0 Å². The van der Waals surface area contributed by atoms with E-state index in [9.17, 15) is 20.1 Å². The Morgan fingerprint density at radius 2 is 1.67 bits per heavy atom. The summed E-state index contributed by atoms with van der Waals surface area (Å²) >= 11 is 0. The number of carbonyl (C=O) groups is 1. The van der Waals surface area contributed by atoms with E-state index in [4.69, 9.17) is 30.1 Å². The lowest BCUT2D eigenvalue weighted by molar-refractivity contribution is -0.272. The number of nitrogens with one attached hydrogen (secondary N) is 1. The summed E-state index contributed by atoms with van der Waals surface area (Å²) in [4.78, 5) is 11.3. The molecule has 10 heteroatoms. The Morgan fingerprint density at radius 1 is 1.07 bits per heavy atom. The molecule has 0 bridgehead atoms. The first-order valence-corrected chi connectivity index (χ1v) is 8.69. The minimum absolute atomic E-state index is 0.118. The second kappa shape index (κ2) is 13.8. The number of amides is 1. The average molecular weight is 391 g/mol. The van der Waals surface area contributed by atoms with Crippen LogP contribution in [0.2, 0.25) is 0 Å². The van der Waals surface area contributed by atoms with Crippen LogP contribution in [0.3, 0.4) is 0 Å². The van der Waals surface area contributed by atoms with Crippen LogP contribution in [0.15, 0.2) is 0 Å². The van der Waals surface area contributed by atoms with Gasteiger partial charge in [0.25, 0.3) is 0 Å². The Morgan fingerprint density at radius 3 is 2.22 bits per heavy atom. The first kappa shape index (κ1) is 23.7. The topological polar surface area (TPSA) is 136 Å². The molecule has 0 radical (unpaired) electrons. The van der Waals surface area contributed by atoms with Crippen LogP contribution in [0.5, 0.6) is 0 Å². The van der Waals surface area contributed by atoms with Crippen LogP contribution in [0.4, 0.5) is 0 Å². The Bertz CT molecular complexity index is 456. The normalized spacial score (nSPS) is 27.9. The van der Waals surface area contributed by atoms with Gasteiger partial charge in [-0.05, 0) is 0 Å². The van der Waals surface area contributed by atoms with E-state index in [1.807, 2.05) is 0 Å². The van der Waals surface area contributed by atoms with Gasteiger partial charge in [-0.1, -0.05) is 5.92 Å². The fourth-order valence-electron chi connectivity index (χ4n) is 2.41. The summed E-state index contributed by atoms with van der Waals surface area (Å²) in [5.41, 5.74) is 0. The van der Waals surface area contributed by atoms with Gasteiger partial charge < -0.3 is 44.3 Å². The van der Waals surface area contributed by atoms with Gasteiger partial charge in [0.2, 0.25) is 5.91 Å². The highest BCUT2D eigenvalue weighted by Gasteiger charge is 2.45. The molecule has 1 aliphatic heterocycles. The number of rotatable bonds is 13. The number of hydrogen-bond donors (Lipinski definition) is 4. The molecule has 1 aliphatic rings. The van der Waals surface area contributed by atoms with Gasteiger partial charge in [0.15, 0.2) is 6.29 Å². The molecule has 10 nitrogen and oxygen atoms in total. The third-order valence-corrected chi connectivity index (χ3v) is 3.69. The summed E-state index contributed by atoms with van der Waals surface area (Å²) < 4.78 is 26.6. The van der Waals surface area contributed by atoms with Crippen molar-refractivity contribution >= 4 is 5.91 Å². The van der Waals surface area contributed by atoms with Crippen molar-refractivity contribution in [2.45, 2.75) is 37.6 Å². The van der Waals surface area contributed by atoms with E-state index >= 15 is 0 Å². The second-order valence-corrected chi connectivity index (χ2v) is 5.79. The first-order chi connectivity index (χ1) is 13.0. The van der Waals surface area contributed by atoms with Gasteiger partial charge in [-0.3, -0.25) is 4.79 Å². The van der Waals surface area contributed by atoms with E-state index in [0.29, 0.717) is 26.4 Å². The third-order valence-electron chi connectivity index (χ3n) is 3.69. The zero-order chi connectivity index (χ0) is 20.1.